The van der Waals surface area contributed by atoms with E-state index in [0.717, 1.165) is 0 Å². The fraction of sp³-hybridized carbons (Fsp3) is 0.333. The molecule has 0 unspecified atom stereocenters. The van der Waals surface area contributed by atoms with E-state index in [0.29, 0.717) is 5.56 Å². The fourth-order valence-corrected chi connectivity index (χ4v) is 2.12. The molecular formula is C9H12O4S. The molecule has 5 heteroatoms. The van der Waals surface area contributed by atoms with Crippen LogP contribution in [0.1, 0.15) is 12.5 Å². The second-order valence-electron chi connectivity index (χ2n) is 2.88. The maximum absolute atomic E-state index is 11.2. The van der Waals surface area contributed by atoms with Crippen LogP contribution in [0.2, 0.25) is 0 Å². The van der Waals surface area contributed by atoms with E-state index in [2.05, 4.69) is 4.18 Å². The van der Waals surface area contributed by atoms with E-state index >= 15 is 0 Å². The molecule has 1 aromatic rings. The fourth-order valence-electron chi connectivity index (χ4n) is 1.02. The molecule has 0 radical (unpaired) electrons. The van der Waals surface area contributed by atoms with Crippen LogP contribution in [0, 0.1) is 0 Å². The maximum Gasteiger partial charge on any atom is 0.274 e. The summed E-state index contributed by atoms with van der Waals surface area (Å²) in [6, 6.07) is 8.65. The van der Waals surface area contributed by atoms with Gasteiger partial charge >= 0.3 is 0 Å². The maximum atomic E-state index is 11.2. The first-order valence-electron chi connectivity index (χ1n) is 4.12. The van der Waals surface area contributed by atoms with E-state index in [1.54, 1.807) is 30.3 Å². The molecule has 0 aliphatic rings. The Morgan fingerprint density at radius 3 is 2.43 bits per heavy atom. The molecule has 0 amide bonds. The van der Waals surface area contributed by atoms with Crippen LogP contribution in [0.15, 0.2) is 30.3 Å². The molecule has 0 fully saturated rings. The summed E-state index contributed by atoms with van der Waals surface area (Å²) in [5.74, 6) is -0.223. The largest absolute Gasteiger partial charge is 0.367 e. The van der Waals surface area contributed by atoms with Crippen LogP contribution < -0.4 is 0 Å². The Morgan fingerprint density at radius 1 is 1.36 bits per heavy atom. The molecule has 14 heavy (non-hydrogen) atoms. The highest BCUT2D eigenvalue weighted by atomic mass is 32.2. The van der Waals surface area contributed by atoms with Crippen LogP contribution in [0.5, 0.6) is 0 Å². The van der Waals surface area contributed by atoms with Gasteiger partial charge in [0.05, 0.1) is 0 Å². The van der Waals surface area contributed by atoms with Gasteiger partial charge in [-0.3, -0.25) is 0 Å². The van der Waals surface area contributed by atoms with Crippen LogP contribution in [0.4, 0.5) is 0 Å². The van der Waals surface area contributed by atoms with E-state index in [9.17, 15) is 8.42 Å². The van der Waals surface area contributed by atoms with Crippen LogP contribution in [0.25, 0.3) is 0 Å². The summed E-state index contributed by atoms with van der Waals surface area (Å²) in [5.41, 5.74) is 0.633. The van der Waals surface area contributed by atoms with Crippen molar-refractivity contribution in [2.45, 2.75) is 19.0 Å². The van der Waals surface area contributed by atoms with Crippen molar-refractivity contribution in [3.8, 4) is 0 Å². The van der Waals surface area contributed by atoms with Crippen molar-refractivity contribution in [1.29, 1.82) is 0 Å². The molecule has 0 aliphatic carbocycles. The first-order chi connectivity index (χ1) is 6.49. The van der Waals surface area contributed by atoms with Gasteiger partial charge in [0.15, 0.2) is 6.29 Å². The lowest BCUT2D eigenvalue weighted by atomic mass is 10.2. The zero-order valence-electron chi connectivity index (χ0n) is 7.75. The van der Waals surface area contributed by atoms with Crippen molar-refractivity contribution >= 4 is 10.1 Å². The van der Waals surface area contributed by atoms with E-state index < -0.39 is 16.4 Å². The molecule has 0 bridgehead atoms. The number of aliphatic hydroxyl groups excluding tert-OH is 1. The highest BCUT2D eigenvalue weighted by Gasteiger charge is 2.14. The SMILES string of the molecule is C[C@@H](O)OS(=O)(=O)Cc1ccccc1. The molecule has 1 N–H and O–H groups in total. The van der Waals surface area contributed by atoms with Crippen LogP contribution >= 0.6 is 0 Å². The summed E-state index contributed by atoms with van der Waals surface area (Å²) in [4.78, 5) is 0. The van der Waals surface area contributed by atoms with Crippen LogP contribution in [-0.4, -0.2) is 19.8 Å². The first kappa shape index (κ1) is 11.2. The quantitative estimate of drug-likeness (QED) is 0.599. The lowest BCUT2D eigenvalue weighted by molar-refractivity contribution is 0.00526. The van der Waals surface area contributed by atoms with Gasteiger partial charge in [-0.2, -0.15) is 8.42 Å². The summed E-state index contributed by atoms with van der Waals surface area (Å²) < 4.78 is 26.8. The third-order valence-corrected chi connectivity index (χ3v) is 2.73. The number of benzene rings is 1. The standard InChI is InChI=1S/C9H12O4S/c1-8(10)13-14(11,12)7-9-5-3-2-4-6-9/h2-6,8,10H,7H2,1H3/t8-/m0/s1. The average molecular weight is 216 g/mol. The van der Waals surface area contributed by atoms with Gasteiger partial charge in [0.2, 0.25) is 0 Å². The molecule has 0 saturated carbocycles. The lowest BCUT2D eigenvalue weighted by Gasteiger charge is -2.06. The van der Waals surface area contributed by atoms with E-state index in [1.165, 1.54) is 6.92 Å². The molecule has 1 rings (SSSR count). The molecule has 0 heterocycles. The average Bonchev–Trinajstić information content (AvgIpc) is 2.02. The predicted molar refractivity (Wildman–Crippen MR) is 51.8 cm³/mol. The minimum atomic E-state index is -3.68. The molecular weight excluding hydrogens is 204 g/mol. The van der Waals surface area contributed by atoms with Gasteiger partial charge in [-0.05, 0) is 12.5 Å². The molecule has 0 aromatic heterocycles. The van der Waals surface area contributed by atoms with E-state index in [4.69, 9.17) is 5.11 Å². The highest BCUT2D eigenvalue weighted by Crippen LogP contribution is 2.08. The molecule has 1 aromatic carbocycles. The van der Waals surface area contributed by atoms with Crippen LogP contribution in [0.3, 0.4) is 0 Å². The van der Waals surface area contributed by atoms with Gasteiger partial charge in [0.25, 0.3) is 10.1 Å². The Morgan fingerprint density at radius 2 is 1.93 bits per heavy atom. The van der Waals surface area contributed by atoms with Gasteiger partial charge in [-0.25, -0.2) is 4.18 Å². The first-order valence-corrected chi connectivity index (χ1v) is 5.70. The second kappa shape index (κ2) is 4.54. The second-order valence-corrected chi connectivity index (χ2v) is 4.48. The topological polar surface area (TPSA) is 63.6 Å². The number of aliphatic hydroxyl groups is 1. The third-order valence-electron chi connectivity index (χ3n) is 1.47. The van der Waals surface area contributed by atoms with Gasteiger partial charge in [0, 0.05) is 0 Å². The van der Waals surface area contributed by atoms with Crippen molar-refractivity contribution in [1.82, 2.24) is 0 Å². The Hall–Kier alpha value is -0.910. The van der Waals surface area contributed by atoms with Crippen molar-refractivity contribution in [3.05, 3.63) is 35.9 Å². The zero-order valence-corrected chi connectivity index (χ0v) is 8.57. The van der Waals surface area contributed by atoms with E-state index in [-0.39, 0.29) is 5.75 Å². The Bertz CT molecular complexity index is 369. The van der Waals surface area contributed by atoms with Crippen molar-refractivity contribution in [3.63, 3.8) is 0 Å². The Labute approximate surface area is 83.3 Å². The number of hydrogen-bond acceptors (Lipinski definition) is 4. The minimum absolute atomic E-state index is 0.223. The van der Waals surface area contributed by atoms with Gasteiger partial charge in [-0.15, -0.1) is 0 Å². The van der Waals surface area contributed by atoms with Crippen molar-refractivity contribution < 1.29 is 17.7 Å². The highest BCUT2D eigenvalue weighted by molar-refractivity contribution is 7.85. The summed E-state index contributed by atoms with van der Waals surface area (Å²) >= 11 is 0. The lowest BCUT2D eigenvalue weighted by Crippen LogP contribution is -2.16. The molecule has 0 aliphatic heterocycles. The summed E-state index contributed by atoms with van der Waals surface area (Å²) in [7, 11) is -3.68. The zero-order chi connectivity index (χ0) is 10.6. The number of hydrogen-bond donors (Lipinski definition) is 1. The minimum Gasteiger partial charge on any atom is -0.367 e. The Kier molecular flexibility index (Phi) is 3.62. The third kappa shape index (κ3) is 3.87. The predicted octanol–water partition coefficient (Wildman–Crippen LogP) is 0.871. The molecule has 78 valence electrons. The smallest absolute Gasteiger partial charge is 0.274 e. The monoisotopic (exact) mass is 216 g/mol. The molecule has 4 nitrogen and oxygen atoms in total. The molecule has 0 saturated heterocycles. The molecule has 1 atom stereocenters. The summed E-state index contributed by atoms with van der Waals surface area (Å²) in [6.07, 6.45) is -1.30. The van der Waals surface area contributed by atoms with Gasteiger partial charge in [0.1, 0.15) is 5.75 Å². The summed E-state index contributed by atoms with van der Waals surface area (Å²) in [6.45, 7) is 1.25. The molecule has 0 spiro atoms. The normalized spacial score (nSPS) is 13.9. The van der Waals surface area contributed by atoms with Crippen molar-refractivity contribution in [2.24, 2.45) is 0 Å². The summed E-state index contributed by atoms with van der Waals surface area (Å²) in [5, 5.41) is 8.76. The van der Waals surface area contributed by atoms with Crippen molar-refractivity contribution in [2.75, 3.05) is 0 Å². The van der Waals surface area contributed by atoms with Gasteiger partial charge in [-0.1, -0.05) is 30.3 Å². The van der Waals surface area contributed by atoms with Gasteiger partial charge < -0.3 is 5.11 Å². The number of rotatable bonds is 4. The Balaban J connectivity index is 2.70. The van der Waals surface area contributed by atoms with Crippen LogP contribution in [-0.2, 0) is 20.1 Å². The van der Waals surface area contributed by atoms with E-state index in [1.807, 2.05) is 0 Å².